The Morgan fingerprint density at radius 3 is 3.05 bits per heavy atom. The third-order valence-electron chi connectivity index (χ3n) is 4.17. The standard InChI is InChI=1S/C17H16ClNOS/c1-10(15-8-11-4-2-3-5-14(11)20-15)19-13-6-7-16-12(13)9-17(18)21-16/h2-5,8-10,13,19H,6-7H2,1H3. The van der Waals surface area contributed by atoms with Crippen LogP contribution in [0, 0.1) is 0 Å². The van der Waals surface area contributed by atoms with Crippen molar-refractivity contribution in [3.63, 3.8) is 0 Å². The Labute approximate surface area is 132 Å². The van der Waals surface area contributed by atoms with Crippen LogP contribution in [0.15, 0.2) is 40.8 Å². The monoisotopic (exact) mass is 317 g/mol. The van der Waals surface area contributed by atoms with Crippen molar-refractivity contribution >= 4 is 33.9 Å². The lowest BCUT2D eigenvalue weighted by molar-refractivity contribution is 0.403. The first-order valence-corrected chi connectivity index (χ1v) is 8.43. The van der Waals surface area contributed by atoms with E-state index in [1.54, 1.807) is 11.3 Å². The molecule has 108 valence electrons. The number of hydrogen-bond donors (Lipinski definition) is 1. The Bertz CT molecular complexity index is 758. The van der Waals surface area contributed by atoms with E-state index >= 15 is 0 Å². The van der Waals surface area contributed by atoms with E-state index in [9.17, 15) is 0 Å². The molecule has 0 amide bonds. The Kier molecular flexibility index (Phi) is 3.29. The summed E-state index contributed by atoms with van der Waals surface area (Å²) < 4.78 is 6.84. The van der Waals surface area contributed by atoms with Crippen LogP contribution in [0.3, 0.4) is 0 Å². The van der Waals surface area contributed by atoms with Crippen LogP contribution in [0.2, 0.25) is 4.34 Å². The number of para-hydroxylation sites is 1. The fourth-order valence-corrected chi connectivity index (χ4v) is 4.46. The molecule has 0 aliphatic heterocycles. The van der Waals surface area contributed by atoms with Crippen molar-refractivity contribution in [3.05, 3.63) is 56.9 Å². The third kappa shape index (κ3) is 2.39. The molecule has 2 unspecified atom stereocenters. The van der Waals surface area contributed by atoms with Gasteiger partial charge in [0.05, 0.1) is 10.4 Å². The number of fused-ring (bicyclic) bond motifs is 2. The van der Waals surface area contributed by atoms with Crippen molar-refractivity contribution in [1.29, 1.82) is 0 Å². The summed E-state index contributed by atoms with van der Waals surface area (Å²) in [6, 6.07) is 12.9. The summed E-state index contributed by atoms with van der Waals surface area (Å²) in [5, 5.41) is 4.84. The van der Waals surface area contributed by atoms with Crippen molar-refractivity contribution in [2.45, 2.75) is 31.8 Å². The molecule has 0 spiro atoms. The van der Waals surface area contributed by atoms with E-state index in [1.165, 1.54) is 10.4 Å². The average molecular weight is 318 g/mol. The van der Waals surface area contributed by atoms with Crippen molar-refractivity contribution in [2.75, 3.05) is 0 Å². The highest BCUT2D eigenvalue weighted by Crippen LogP contribution is 2.40. The smallest absolute Gasteiger partial charge is 0.134 e. The summed E-state index contributed by atoms with van der Waals surface area (Å²) >= 11 is 7.83. The number of benzene rings is 1. The second-order valence-corrected chi connectivity index (χ2v) is 7.36. The minimum absolute atomic E-state index is 0.187. The molecule has 2 nitrogen and oxygen atoms in total. The molecular formula is C17H16ClNOS. The van der Waals surface area contributed by atoms with Gasteiger partial charge in [-0.2, -0.15) is 0 Å². The summed E-state index contributed by atoms with van der Waals surface area (Å²) in [6.07, 6.45) is 2.26. The fraction of sp³-hybridized carbons (Fsp3) is 0.294. The molecule has 0 radical (unpaired) electrons. The van der Waals surface area contributed by atoms with Crippen LogP contribution in [-0.2, 0) is 6.42 Å². The average Bonchev–Trinajstić information content (AvgIpc) is 3.13. The number of furan rings is 1. The van der Waals surface area contributed by atoms with Gasteiger partial charge in [0.25, 0.3) is 0 Å². The minimum atomic E-state index is 0.187. The molecule has 1 aromatic carbocycles. The predicted molar refractivity (Wildman–Crippen MR) is 88.2 cm³/mol. The summed E-state index contributed by atoms with van der Waals surface area (Å²) in [5.41, 5.74) is 2.32. The van der Waals surface area contributed by atoms with Gasteiger partial charge in [0.2, 0.25) is 0 Å². The Morgan fingerprint density at radius 1 is 1.33 bits per heavy atom. The van der Waals surface area contributed by atoms with Crippen LogP contribution >= 0.6 is 22.9 Å². The number of rotatable bonds is 3. The van der Waals surface area contributed by atoms with Gasteiger partial charge in [-0.05, 0) is 43.5 Å². The Morgan fingerprint density at radius 2 is 2.19 bits per heavy atom. The quantitative estimate of drug-likeness (QED) is 0.691. The van der Waals surface area contributed by atoms with Gasteiger partial charge in [0, 0.05) is 16.3 Å². The summed E-state index contributed by atoms with van der Waals surface area (Å²) in [5.74, 6) is 0.992. The zero-order valence-corrected chi connectivity index (χ0v) is 13.3. The molecule has 2 heterocycles. The molecule has 1 N–H and O–H groups in total. The molecule has 0 saturated heterocycles. The lowest BCUT2D eigenvalue weighted by Crippen LogP contribution is -2.22. The second-order valence-electron chi connectivity index (χ2n) is 5.60. The van der Waals surface area contributed by atoms with Crippen molar-refractivity contribution < 1.29 is 4.42 Å². The van der Waals surface area contributed by atoms with E-state index in [0.717, 1.165) is 33.9 Å². The van der Waals surface area contributed by atoms with Crippen LogP contribution in [-0.4, -0.2) is 0 Å². The lowest BCUT2D eigenvalue weighted by Gasteiger charge is -2.18. The molecule has 4 rings (SSSR count). The van der Waals surface area contributed by atoms with E-state index < -0.39 is 0 Å². The first kappa shape index (κ1) is 13.4. The molecule has 2 aromatic heterocycles. The maximum absolute atomic E-state index is 6.12. The number of halogens is 1. The molecule has 2 atom stereocenters. The SMILES string of the molecule is CC(NC1CCc2sc(Cl)cc21)c1cc2ccccc2o1. The highest BCUT2D eigenvalue weighted by atomic mass is 35.5. The molecule has 0 fully saturated rings. The van der Waals surface area contributed by atoms with Gasteiger partial charge < -0.3 is 9.73 Å². The first-order chi connectivity index (χ1) is 10.2. The number of nitrogens with one attached hydrogen (secondary N) is 1. The predicted octanol–water partition coefficient (Wildman–Crippen LogP) is 5.49. The van der Waals surface area contributed by atoms with E-state index in [0.29, 0.717) is 6.04 Å². The maximum atomic E-state index is 6.12. The zero-order valence-electron chi connectivity index (χ0n) is 11.7. The fourth-order valence-electron chi connectivity index (χ4n) is 3.10. The van der Waals surface area contributed by atoms with Crippen LogP contribution in [0.25, 0.3) is 11.0 Å². The number of hydrogen-bond acceptors (Lipinski definition) is 3. The molecule has 1 aliphatic rings. The van der Waals surface area contributed by atoms with Crippen molar-refractivity contribution in [1.82, 2.24) is 5.32 Å². The topological polar surface area (TPSA) is 25.2 Å². The first-order valence-electron chi connectivity index (χ1n) is 7.23. The lowest BCUT2D eigenvalue weighted by atomic mass is 10.1. The zero-order chi connectivity index (χ0) is 14.4. The number of aryl methyl sites for hydroxylation is 1. The molecular weight excluding hydrogens is 302 g/mol. The summed E-state index contributed by atoms with van der Waals surface area (Å²) in [7, 11) is 0. The molecule has 0 bridgehead atoms. The van der Waals surface area contributed by atoms with E-state index in [4.69, 9.17) is 16.0 Å². The van der Waals surface area contributed by atoms with E-state index in [-0.39, 0.29) is 6.04 Å². The van der Waals surface area contributed by atoms with Crippen LogP contribution in [0.4, 0.5) is 0 Å². The normalized spacial score (nSPS) is 19.0. The van der Waals surface area contributed by atoms with Gasteiger partial charge in [-0.3, -0.25) is 0 Å². The van der Waals surface area contributed by atoms with Gasteiger partial charge in [-0.1, -0.05) is 29.8 Å². The molecule has 3 aromatic rings. The van der Waals surface area contributed by atoms with Gasteiger partial charge in [0.1, 0.15) is 11.3 Å². The minimum Gasteiger partial charge on any atom is -0.459 e. The Balaban J connectivity index is 1.57. The third-order valence-corrected chi connectivity index (χ3v) is 5.51. The maximum Gasteiger partial charge on any atom is 0.134 e. The van der Waals surface area contributed by atoms with E-state index in [1.807, 2.05) is 18.2 Å². The Hall–Kier alpha value is -1.29. The van der Waals surface area contributed by atoms with Crippen LogP contribution in [0.5, 0.6) is 0 Å². The highest BCUT2D eigenvalue weighted by Gasteiger charge is 2.27. The molecule has 0 saturated carbocycles. The number of thiophene rings is 1. The molecule has 4 heteroatoms. The van der Waals surface area contributed by atoms with Crippen molar-refractivity contribution in [3.8, 4) is 0 Å². The largest absolute Gasteiger partial charge is 0.459 e. The molecule has 21 heavy (non-hydrogen) atoms. The van der Waals surface area contributed by atoms with Gasteiger partial charge in [-0.25, -0.2) is 0 Å². The van der Waals surface area contributed by atoms with Crippen LogP contribution < -0.4 is 5.32 Å². The summed E-state index contributed by atoms with van der Waals surface area (Å²) in [6.45, 7) is 2.16. The highest BCUT2D eigenvalue weighted by molar-refractivity contribution is 7.16. The molecule has 1 aliphatic carbocycles. The van der Waals surface area contributed by atoms with Crippen LogP contribution in [0.1, 0.15) is 41.6 Å². The van der Waals surface area contributed by atoms with Gasteiger partial charge >= 0.3 is 0 Å². The van der Waals surface area contributed by atoms with Gasteiger partial charge in [-0.15, -0.1) is 11.3 Å². The van der Waals surface area contributed by atoms with E-state index in [2.05, 4.69) is 30.4 Å². The second kappa shape index (κ2) is 5.16. The summed E-state index contributed by atoms with van der Waals surface area (Å²) in [4.78, 5) is 1.43. The van der Waals surface area contributed by atoms with Crippen molar-refractivity contribution in [2.24, 2.45) is 0 Å². The van der Waals surface area contributed by atoms with Gasteiger partial charge in [0.15, 0.2) is 0 Å².